The zero-order valence-corrected chi connectivity index (χ0v) is 54.9. The van der Waals surface area contributed by atoms with Gasteiger partial charge in [-0.25, -0.2) is 19.4 Å². The summed E-state index contributed by atoms with van der Waals surface area (Å²) >= 11 is 0. The number of fused-ring (bicyclic) bond motifs is 2. The summed E-state index contributed by atoms with van der Waals surface area (Å²) in [6.07, 6.45) is 1.47. The Labute approximate surface area is 561 Å². The molecule has 514 valence electrons. The average Bonchev–Trinajstić information content (AvgIpc) is 1.72. The molecule has 8 rings (SSSR count). The van der Waals surface area contributed by atoms with E-state index in [1.165, 1.54) is 28.0 Å². The largest absolute Gasteiger partial charge is 0.478 e. The standard InChI is InChI=1S/C70H86N14O13/c1-5-41(3)58(81-69(93)95-39-43-19-9-7-10-20-43)64(89)83-35-17-27-53(83)62(87)79-51(25-15-33-75-67(71)72)60(85)77-45-29-31-49-55(37-45)97-56-38-46(30-32-50(56)57(49)47-23-13-14-24-48(47)66(91)92)78-61(86)52(26-16-34-76-68(73)74)80-63(88)54-28-18-36-84(54)65(90)59(42(4)6-2)82-70(94)96-40-44-21-11-8-12-22-44/h7-14,19-24,29-32,37-38,41-42,51-54,58-59H,5-6,15-18,25-28,33-36,39-40H2,1-4H3,(H,77,85)(H,79,87)(H,80,88)(H,81,93)(H,82,94)(H,91,92)(H4,71,72,75)(H4,73,74,76)/t41-,42-,51-,52-,53-,54-,58-,59-/m0/s1. The van der Waals surface area contributed by atoms with Crippen LogP contribution in [0.2, 0.25) is 0 Å². The molecule has 0 radical (unpaired) electrons. The maximum atomic E-state index is 14.6. The monoisotopic (exact) mass is 1330 g/mol. The lowest BCUT2D eigenvalue weighted by molar-refractivity contribution is -0.141. The molecular formula is C70H86N14O13. The van der Waals surface area contributed by atoms with Crippen molar-refractivity contribution in [2.45, 2.75) is 141 Å². The number of carboxylic acids is 1. The fraction of sp³-hybridized carbons (Fsp3) is 0.400. The zero-order valence-electron chi connectivity index (χ0n) is 54.9. The van der Waals surface area contributed by atoms with Crippen LogP contribution in [-0.2, 0) is 51.5 Å². The number of rotatable bonds is 29. The molecule has 97 heavy (non-hydrogen) atoms. The molecule has 2 saturated heterocycles. The quantitative estimate of drug-likeness (QED) is 0.0111. The maximum Gasteiger partial charge on any atom is 0.408 e. The molecule has 3 aliphatic heterocycles. The van der Waals surface area contributed by atoms with E-state index in [0.717, 1.165) is 11.1 Å². The van der Waals surface area contributed by atoms with Crippen molar-refractivity contribution in [1.29, 1.82) is 0 Å². The van der Waals surface area contributed by atoms with Crippen LogP contribution in [0.5, 0.6) is 0 Å². The SMILES string of the molecule is CC[C@H](C)[C@H](NC(=O)OCc1ccccc1)C(=O)N1CCC[C@H]1C(=O)N[C@@H](CCCN=C(N)N)C(=O)N=c1ccc2c(-c3ccccc3C(=O)O)c3ccc(NC(=O)[C@H](CCCN=C(N)N)NC(=O)[C@@H]4CCCN4C(=O)[C@@H](NC(=O)OCc4ccccc4)[C@@H](C)CC)cc3oc-2c1. The normalized spacial score (nSPS) is 16.4. The van der Waals surface area contributed by atoms with E-state index in [2.05, 4.69) is 41.6 Å². The Kier molecular flexibility index (Phi) is 25.6. The number of carboxylic acid groups (broad SMARTS) is 1. The van der Waals surface area contributed by atoms with E-state index >= 15 is 0 Å². The van der Waals surface area contributed by atoms with Crippen LogP contribution >= 0.6 is 0 Å². The number of benzene rings is 5. The van der Waals surface area contributed by atoms with Crippen LogP contribution in [0.1, 0.15) is 113 Å². The van der Waals surface area contributed by atoms with Gasteiger partial charge in [0.1, 0.15) is 60.8 Å². The number of hydrogen-bond donors (Lipinski definition) is 10. The Bertz CT molecular complexity index is 3890. The fourth-order valence-corrected chi connectivity index (χ4v) is 11.8. The molecule has 0 bridgehead atoms. The van der Waals surface area contributed by atoms with Gasteiger partial charge in [0.15, 0.2) is 11.9 Å². The molecule has 8 amide bonds. The number of anilines is 1. The van der Waals surface area contributed by atoms with Crippen LogP contribution in [-0.4, -0.2) is 143 Å². The van der Waals surface area contributed by atoms with Crippen LogP contribution in [0, 0.1) is 11.8 Å². The number of likely N-dealkylation sites (tertiary alicyclic amines) is 2. The summed E-state index contributed by atoms with van der Waals surface area (Å²) in [7, 11) is 0. The molecule has 0 aromatic heterocycles. The molecule has 3 heterocycles. The van der Waals surface area contributed by atoms with Gasteiger partial charge in [0, 0.05) is 60.5 Å². The third kappa shape index (κ3) is 19.4. The van der Waals surface area contributed by atoms with Crippen LogP contribution in [0.25, 0.3) is 33.4 Å². The van der Waals surface area contributed by atoms with Crippen molar-refractivity contribution in [3.05, 3.63) is 143 Å². The second-order valence-electron chi connectivity index (χ2n) is 24.2. The lowest BCUT2D eigenvalue weighted by atomic mass is 9.90. The number of carbonyl (C=O) groups excluding carboxylic acids is 8. The summed E-state index contributed by atoms with van der Waals surface area (Å²) in [5.41, 5.74) is 25.5. The topological polar surface area (TPSA) is 413 Å². The molecule has 4 aliphatic rings. The lowest BCUT2D eigenvalue weighted by Gasteiger charge is -2.31. The predicted octanol–water partition coefficient (Wildman–Crippen LogP) is 6.01. The maximum absolute atomic E-state index is 14.6. The summed E-state index contributed by atoms with van der Waals surface area (Å²) in [6.45, 7) is 8.00. The molecule has 27 heteroatoms. The number of alkyl carbamates (subject to hydrolysis) is 2. The predicted molar refractivity (Wildman–Crippen MR) is 364 cm³/mol. The Morgan fingerprint density at radius 3 is 1.63 bits per heavy atom. The number of nitrogens with two attached hydrogens (primary N) is 4. The van der Waals surface area contributed by atoms with Gasteiger partial charge in [-0.15, -0.1) is 0 Å². The van der Waals surface area contributed by atoms with Crippen LogP contribution in [0.3, 0.4) is 0 Å². The highest BCUT2D eigenvalue weighted by Crippen LogP contribution is 2.42. The van der Waals surface area contributed by atoms with Crippen molar-refractivity contribution in [2.24, 2.45) is 49.7 Å². The number of aliphatic imine (C=N–C) groups is 2. The minimum Gasteiger partial charge on any atom is -0.478 e. The Morgan fingerprint density at radius 1 is 0.608 bits per heavy atom. The molecule has 14 N–H and O–H groups in total. The van der Waals surface area contributed by atoms with Gasteiger partial charge in [-0.1, -0.05) is 119 Å². The smallest absolute Gasteiger partial charge is 0.408 e. The molecule has 0 spiro atoms. The number of aromatic carboxylic acids is 1. The van der Waals surface area contributed by atoms with E-state index in [1.807, 2.05) is 64.1 Å². The van der Waals surface area contributed by atoms with Gasteiger partial charge in [0.05, 0.1) is 10.9 Å². The molecule has 0 unspecified atom stereocenters. The van der Waals surface area contributed by atoms with Crippen LogP contribution in [0.4, 0.5) is 15.3 Å². The van der Waals surface area contributed by atoms with Crippen LogP contribution in [0.15, 0.2) is 141 Å². The summed E-state index contributed by atoms with van der Waals surface area (Å²) in [5, 5.41) is 25.1. The van der Waals surface area contributed by atoms with E-state index in [4.69, 9.17) is 36.8 Å². The summed E-state index contributed by atoms with van der Waals surface area (Å²) in [6, 6.07) is 27.4. The number of nitrogens with one attached hydrogen (secondary N) is 5. The van der Waals surface area contributed by atoms with E-state index in [1.54, 1.807) is 66.7 Å². The molecule has 2 fully saturated rings. The summed E-state index contributed by atoms with van der Waals surface area (Å²) in [4.78, 5) is 141. The molecule has 4 aromatic rings. The number of hydrogen-bond acceptors (Lipinski definition) is 14. The zero-order chi connectivity index (χ0) is 69.7. The third-order valence-corrected chi connectivity index (χ3v) is 17.4. The number of guanidine groups is 2. The first-order chi connectivity index (χ1) is 46.6. The van der Waals surface area contributed by atoms with Crippen molar-refractivity contribution in [3.63, 3.8) is 0 Å². The molecule has 4 aromatic carbocycles. The first-order valence-electron chi connectivity index (χ1n) is 32.6. The van der Waals surface area contributed by atoms with Crippen molar-refractivity contribution >= 4 is 82.2 Å². The third-order valence-electron chi connectivity index (χ3n) is 17.4. The first kappa shape index (κ1) is 72.0. The van der Waals surface area contributed by atoms with E-state index in [-0.39, 0.29) is 130 Å². The van der Waals surface area contributed by atoms with E-state index < -0.39 is 89.8 Å². The molecule has 27 nitrogen and oxygen atoms in total. The van der Waals surface area contributed by atoms with Gasteiger partial charge in [-0.3, -0.25) is 38.8 Å². The van der Waals surface area contributed by atoms with Gasteiger partial charge in [0.2, 0.25) is 29.5 Å². The van der Waals surface area contributed by atoms with E-state index in [0.29, 0.717) is 47.8 Å². The molecule has 1 aliphatic carbocycles. The number of nitrogens with zero attached hydrogens (tertiary/aromatic N) is 5. The highest BCUT2D eigenvalue weighted by Gasteiger charge is 2.42. The number of ether oxygens (including phenoxy) is 2. The second-order valence-corrected chi connectivity index (χ2v) is 24.2. The van der Waals surface area contributed by atoms with Crippen LogP contribution < -0.4 is 54.9 Å². The Morgan fingerprint density at radius 2 is 1.11 bits per heavy atom. The molecular weight excluding hydrogens is 1240 g/mol. The summed E-state index contributed by atoms with van der Waals surface area (Å²) in [5.74, 6) is -5.71. The number of amides is 8. The van der Waals surface area contributed by atoms with Gasteiger partial charge < -0.3 is 78.3 Å². The average molecular weight is 1330 g/mol. The second kappa shape index (κ2) is 34.5. The van der Waals surface area contributed by atoms with Gasteiger partial charge in [-0.05, 0) is 110 Å². The Hall–Kier alpha value is -10.9. The fourth-order valence-electron chi connectivity index (χ4n) is 11.8. The number of carbonyl (C=O) groups is 9. The minimum absolute atomic E-state index is 0.0194. The van der Waals surface area contributed by atoms with Crippen molar-refractivity contribution in [3.8, 4) is 22.5 Å². The first-order valence-corrected chi connectivity index (χ1v) is 32.6. The minimum atomic E-state index is -1.25. The highest BCUT2D eigenvalue weighted by molar-refractivity contribution is 6.09. The van der Waals surface area contributed by atoms with Gasteiger partial charge in [0.25, 0.3) is 5.91 Å². The lowest BCUT2D eigenvalue weighted by Crippen LogP contribution is -2.57. The highest BCUT2D eigenvalue weighted by atomic mass is 16.6. The summed E-state index contributed by atoms with van der Waals surface area (Å²) < 4.78 is 17.5. The Balaban J connectivity index is 1.06. The molecule has 8 atom stereocenters. The van der Waals surface area contributed by atoms with Crippen molar-refractivity contribution in [2.75, 3.05) is 31.5 Å². The van der Waals surface area contributed by atoms with Crippen molar-refractivity contribution in [1.82, 2.24) is 31.1 Å². The van der Waals surface area contributed by atoms with Crippen molar-refractivity contribution < 1.29 is 62.1 Å². The van der Waals surface area contributed by atoms with E-state index in [9.17, 15) is 48.3 Å². The van der Waals surface area contributed by atoms with Gasteiger partial charge >= 0.3 is 18.2 Å². The molecule has 0 saturated carbocycles. The van der Waals surface area contributed by atoms with Gasteiger partial charge in [-0.2, -0.15) is 0 Å².